The maximum Gasteiger partial charge on any atom is 0.326 e. The highest BCUT2D eigenvalue weighted by Crippen LogP contribution is 2.12. The standard InChI is InChI=1S/C17H33NO3/c1-4-6-7-8-9-10-11-12-13-14-16(19)18(5-2)15(3)17(20)21/h15H,4-14H2,1-3H3,(H,20,21)/t15-/m0/s1. The van der Waals surface area contributed by atoms with Crippen LogP contribution >= 0.6 is 0 Å². The number of carboxylic acids is 1. The minimum atomic E-state index is -0.933. The van der Waals surface area contributed by atoms with Crippen molar-refractivity contribution < 1.29 is 14.7 Å². The van der Waals surface area contributed by atoms with Gasteiger partial charge >= 0.3 is 5.97 Å². The first kappa shape index (κ1) is 19.9. The molecule has 0 radical (unpaired) electrons. The van der Waals surface area contributed by atoms with E-state index in [9.17, 15) is 9.59 Å². The summed E-state index contributed by atoms with van der Waals surface area (Å²) in [5.41, 5.74) is 0. The molecule has 1 atom stereocenters. The molecule has 0 bridgehead atoms. The molecule has 0 aliphatic heterocycles. The number of rotatable bonds is 13. The summed E-state index contributed by atoms with van der Waals surface area (Å²) in [5.74, 6) is -0.965. The average molecular weight is 299 g/mol. The van der Waals surface area contributed by atoms with Gasteiger partial charge in [0.05, 0.1) is 0 Å². The zero-order valence-electron chi connectivity index (χ0n) is 14.1. The molecule has 4 heteroatoms. The zero-order chi connectivity index (χ0) is 16.1. The van der Waals surface area contributed by atoms with Gasteiger partial charge in [0.2, 0.25) is 5.91 Å². The first-order valence-electron chi connectivity index (χ1n) is 8.56. The Kier molecular flexibility index (Phi) is 12.0. The SMILES string of the molecule is CCCCCCCCCCCC(=O)N(CC)[C@@H](C)C(=O)O. The Balaban J connectivity index is 3.67. The van der Waals surface area contributed by atoms with Gasteiger partial charge < -0.3 is 10.0 Å². The minimum Gasteiger partial charge on any atom is -0.480 e. The first-order chi connectivity index (χ1) is 10.0. The van der Waals surface area contributed by atoms with Crippen molar-refractivity contribution in [2.75, 3.05) is 6.54 Å². The summed E-state index contributed by atoms with van der Waals surface area (Å²) in [4.78, 5) is 24.4. The highest BCUT2D eigenvalue weighted by Gasteiger charge is 2.23. The summed E-state index contributed by atoms with van der Waals surface area (Å²) >= 11 is 0. The molecular formula is C17H33NO3. The second-order valence-electron chi connectivity index (χ2n) is 5.77. The molecule has 0 unspecified atom stereocenters. The van der Waals surface area contributed by atoms with E-state index in [0.717, 1.165) is 12.8 Å². The first-order valence-corrected chi connectivity index (χ1v) is 8.56. The number of hydrogen-bond donors (Lipinski definition) is 1. The Bertz CT molecular complexity index is 292. The van der Waals surface area contributed by atoms with Crippen LogP contribution in [0.25, 0.3) is 0 Å². The van der Waals surface area contributed by atoms with Gasteiger partial charge in [-0.2, -0.15) is 0 Å². The molecule has 1 N–H and O–H groups in total. The summed E-state index contributed by atoms with van der Waals surface area (Å²) in [6.45, 7) is 6.08. The summed E-state index contributed by atoms with van der Waals surface area (Å²) in [5, 5.41) is 8.97. The van der Waals surface area contributed by atoms with Crippen molar-refractivity contribution in [3.8, 4) is 0 Å². The Morgan fingerprint density at radius 3 is 1.81 bits per heavy atom. The fraction of sp³-hybridized carbons (Fsp3) is 0.882. The van der Waals surface area contributed by atoms with E-state index in [1.165, 1.54) is 49.8 Å². The second kappa shape index (κ2) is 12.7. The second-order valence-corrected chi connectivity index (χ2v) is 5.77. The van der Waals surface area contributed by atoms with Crippen molar-refractivity contribution in [1.82, 2.24) is 4.90 Å². The van der Waals surface area contributed by atoms with Gasteiger partial charge in [-0.3, -0.25) is 4.79 Å². The van der Waals surface area contributed by atoms with E-state index >= 15 is 0 Å². The molecular weight excluding hydrogens is 266 g/mol. The number of carbonyl (C=O) groups excluding carboxylic acids is 1. The predicted molar refractivity (Wildman–Crippen MR) is 86.3 cm³/mol. The summed E-state index contributed by atoms with van der Waals surface area (Å²) in [6, 6.07) is -0.721. The highest BCUT2D eigenvalue weighted by molar-refractivity contribution is 5.83. The van der Waals surface area contributed by atoms with E-state index in [2.05, 4.69) is 6.92 Å². The lowest BCUT2D eigenvalue weighted by molar-refractivity contribution is -0.149. The van der Waals surface area contributed by atoms with Crippen LogP contribution in [0.5, 0.6) is 0 Å². The minimum absolute atomic E-state index is 0.0321. The van der Waals surface area contributed by atoms with E-state index in [1.54, 1.807) is 6.92 Å². The number of aliphatic carboxylic acids is 1. The van der Waals surface area contributed by atoms with E-state index < -0.39 is 12.0 Å². The van der Waals surface area contributed by atoms with Crippen molar-refractivity contribution in [2.24, 2.45) is 0 Å². The quantitative estimate of drug-likeness (QED) is 0.518. The molecule has 0 aliphatic carbocycles. The lowest BCUT2D eigenvalue weighted by atomic mass is 10.1. The number of amides is 1. The van der Waals surface area contributed by atoms with E-state index in [0.29, 0.717) is 13.0 Å². The molecule has 0 aromatic rings. The Labute approximate surface area is 129 Å². The van der Waals surface area contributed by atoms with Gasteiger partial charge in [-0.15, -0.1) is 0 Å². The monoisotopic (exact) mass is 299 g/mol. The average Bonchev–Trinajstić information content (AvgIpc) is 2.46. The molecule has 0 aromatic carbocycles. The molecule has 21 heavy (non-hydrogen) atoms. The Morgan fingerprint density at radius 2 is 1.38 bits per heavy atom. The fourth-order valence-electron chi connectivity index (χ4n) is 2.53. The van der Waals surface area contributed by atoms with Gasteiger partial charge in [-0.1, -0.05) is 58.3 Å². The lowest BCUT2D eigenvalue weighted by Crippen LogP contribution is -2.42. The van der Waals surface area contributed by atoms with Crippen LogP contribution in [-0.4, -0.2) is 34.5 Å². The summed E-state index contributed by atoms with van der Waals surface area (Å²) in [6.07, 6.45) is 11.4. The zero-order valence-corrected chi connectivity index (χ0v) is 14.1. The molecule has 0 spiro atoms. The van der Waals surface area contributed by atoms with Crippen molar-refractivity contribution in [2.45, 2.75) is 91.0 Å². The van der Waals surface area contributed by atoms with Gasteiger partial charge in [0.25, 0.3) is 0 Å². The van der Waals surface area contributed by atoms with Gasteiger partial charge in [0.1, 0.15) is 6.04 Å². The molecule has 0 saturated carbocycles. The maximum atomic E-state index is 12.0. The number of unbranched alkanes of at least 4 members (excludes halogenated alkanes) is 8. The molecule has 0 aromatic heterocycles. The molecule has 0 aliphatic rings. The molecule has 4 nitrogen and oxygen atoms in total. The van der Waals surface area contributed by atoms with Crippen LogP contribution in [0.15, 0.2) is 0 Å². The smallest absolute Gasteiger partial charge is 0.326 e. The van der Waals surface area contributed by atoms with Crippen LogP contribution in [0.1, 0.15) is 85.0 Å². The Hall–Kier alpha value is -1.06. The molecule has 1 amide bonds. The van der Waals surface area contributed by atoms with Crippen molar-refractivity contribution in [3.63, 3.8) is 0 Å². The van der Waals surface area contributed by atoms with Crippen molar-refractivity contribution in [1.29, 1.82) is 0 Å². The van der Waals surface area contributed by atoms with Crippen LogP contribution in [0.4, 0.5) is 0 Å². The fourth-order valence-corrected chi connectivity index (χ4v) is 2.53. The van der Waals surface area contributed by atoms with Crippen LogP contribution in [0.2, 0.25) is 0 Å². The van der Waals surface area contributed by atoms with Crippen LogP contribution in [0.3, 0.4) is 0 Å². The topological polar surface area (TPSA) is 57.6 Å². The number of likely N-dealkylation sites (N-methyl/N-ethyl adjacent to an activating group) is 1. The molecule has 0 saturated heterocycles. The van der Waals surface area contributed by atoms with Gasteiger partial charge in [-0.25, -0.2) is 4.79 Å². The van der Waals surface area contributed by atoms with Crippen LogP contribution < -0.4 is 0 Å². The van der Waals surface area contributed by atoms with E-state index in [4.69, 9.17) is 5.11 Å². The molecule has 0 fully saturated rings. The van der Waals surface area contributed by atoms with Gasteiger partial charge in [0.15, 0.2) is 0 Å². The largest absolute Gasteiger partial charge is 0.480 e. The molecule has 0 rings (SSSR count). The number of carbonyl (C=O) groups is 2. The molecule has 0 heterocycles. The summed E-state index contributed by atoms with van der Waals surface area (Å²) in [7, 11) is 0. The van der Waals surface area contributed by atoms with Crippen LogP contribution in [0, 0.1) is 0 Å². The predicted octanol–water partition coefficient (Wildman–Crippen LogP) is 4.23. The van der Waals surface area contributed by atoms with Crippen molar-refractivity contribution >= 4 is 11.9 Å². The van der Waals surface area contributed by atoms with E-state index in [-0.39, 0.29) is 5.91 Å². The van der Waals surface area contributed by atoms with Gasteiger partial charge in [0, 0.05) is 13.0 Å². The van der Waals surface area contributed by atoms with Crippen molar-refractivity contribution in [3.05, 3.63) is 0 Å². The third kappa shape index (κ3) is 9.48. The van der Waals surface area contributed by atoms with Gasteiger partial charge in [-0.05, 0) is 20.3 Å². The van der Waals surface area contributed by atoms with E-state index in [1.807, 2.05) is 6.92 Å². The maximum absolute atomic E-state index is 12.0. The Morgan fingerprint density at radius 1 is 0.905 bits per heavy atom. The highest BCUT2D eigenvalue weighted by atomic mass is 16.4. The van der Waals surface area contributed by atoms with Crippen LogP contribution in [-0.2, 0) is 9.59 Å². The normalized spacial score (nSPS) is 12.1. The third-order valence-electron chi connectivity index (χ3n) is 3.98. The summed E-state index contributed by atoms with van der Waals surface area (Å²) < 4.78 is 0. The molecule has 124 valence electrons. The number of hydrogen-bond acceptors (Lipinski definition) is 2. The lowest BCUT2D eigenvalue weighted by Gasteiger charge is -2.25. The third-order valence-corrected chi connectivity index (χ3v) is 3.98. The number of nitrogens with zero attached hydrogens (tertiary/aromatic N) is 1. The number of carboxylic acid groups (broad SMARTS) is 1.